The molecule has 1 aliphatic rings. The summed E-state index contributed by atoms with van der Waals surface area (Å²) >= 11 is 0. The maximum atomic E-state index is 12.3. The number of para-hydroxylation sites is 1. The Bertz CT molecular complexity index is 1200. The minimum Gasteiger partial charge on any atom is -0.457 e. The molecule has 2 aromatic carbocycles. The van der Waals surface area contributed by atoms with E-state index in [2.05, 4.69) is 15.3 Å². The third kappa shape index (κ3) is 6.01. The summed E-state index contributed by atoms with van der Waals surface area (Å²) in [6.07, 6.45) is 5.35. The van der Waals surface area contributed by atoms with Crippen LogP contribution >= 0.6 is 0 Å². The second-order valence-corrected chi connectivity index (χ2v) is 8.07. The molecule has 1 atom stereocenters. The third-order valence-corrected chi connectivity index (χ3v) is 5.61. The lowest BCUT2D eigenvalue weighted by atomic mass is 10.0. The molecule has 4 rings (SSSR count). The minimum atomic E-state index is -0.0562. The normalized spacial score (nSPS) is 15.3. The first-order valence-corrected chi connectivity index (χ1v) is 11.3. The zero-order valence-electron chi connectivity index (χ0n) is 19.5. The fraction of sp³-hybridized carbons (Fsp3) is 0.231. The Hall–Kier alpha value is -4.24. The Balaban J connectivity index is 1.45. The Labute approximate surface area is 204 Å². The molecule has 180 valence electrons. The number of nitrogens with one attached hydrogen (secondary N) is 2. The summed E-state index contributed by atoms with van der Waals surface area (Å²) in [5, 5.41) is 12.2. The predicted octanol–water partition coefficient (Wildman–Crippen LogP) is 3.48. The molecule has 1 aromatic heterocycles. The number of anilines is 2. The van der Waals surface area contributed by atoms with Gasteiger partial charge in [0.2, 0.25) is 5.91 Å². The third-order valence-electron chi connectivity index (χ3n) is 5.61. The Morgan fingerprint density at radius 1 is 1.17 bits per heavy atom. The quantitative estimate of drug-likeness (QED) is 0.321. The topological polar surface area (TPSA) is 126 Å². The van der Waals surface area contributed by atoms with Crippen molar-refractivity contribution in [3.8, 4) is 11.5 Å². The zero-order chi connectivity index (χ0) is 24.6. The number of hydrogen-bond donors (Lipinski definition) is 3. The van der Waals surface area contributed by atoms with Gasteiger partial charge in [-0.3, -0.25) is 10.2 Å². The van der Waals surface area contributed by atoms with E-state index in [9.17, 15) is 4.79 Å². The molecule has 9 heteroatoms. The van der Waals surface area contributed by atoms with Gasteiger partial charge in [0.1, 0.15) is 29.5 Å². The number of likely N-dealkylation sites (tertiary alicyclic amines) is 1. The lowest BCUT2D eigenvalue weighted by Crippen LogP contribution is -2.31. The highest BCUT2D eigenvalue weighted by molar-refractivity contribution is 6.16. The van der Waals surface area contributed by atoms with Crippen molar-refractivity contribution in [2.45, 2.75) is 12.5 Å². The van der Waals surface area contributed by atoms with Gasteiger partial charge in [-0.2, -0.15) is 0 Å². The van der Waals surface area contributed by atoms with Crippen LogP contribution in [-0.2, 0) is 9.53 Å². The van der Waals surface area contributed by atoms with Crippen LogP contribution in [-0.4, -0.2) is 59.3 Å². The van der Waals surface area contributed by atoms with Gasteiger partial charge in [-0.25, -0.2) is 9.97 Å². The number of nitrogens with two attached hydrogens (primary N) is 1. The van der Waals surface area contributed by atoms with Crippen molar-refractivity contribution in [1.82, 2.24) is 14.9 Å². The van der Waals surface area contributed by atoms with Gasteiger partial charge < -0.3 is 25.4 Å². The molecule has 9 nitrogen and oxygen atoms in total. The van der Waals surface area contributed by atoms with E-state index in [4.69, 9.17) is 20.6 Å². The van der Waals surface area contributed by atoms with E-state index in [1.807, 2.05) is 42.5 Å². The van der Waals surface area contributed by atoms with E-state index >= 15 is 0 Å². The molecule has 0 radical (unpaired) electrons. The standard InChI is InChI=1S/C26H28N6O3/c1-34-15-5-8-22(33)32-14-13-19(16-32)31-26-23(25(28)29-17-30-26)24(27)18-9-11-21(12-10-18)35-20-6-3-2-4-7-20/h2-12,17,19,27H,13-16H2,1H3,(H3,28,29,30,31). The van der Waals surface area contributed by atoms with E-state index in [1.165, 1.54) is 12.4 Å². The second-order valence-electron chi connectivity index (χ2n) is 8.07. The summed E-state index contributed by atoms with van der Waals surface area (Å²) in [7, 11) is 1.58. The first kappa shape index (κ1) is 23.9. The van der Waals surface area contributed by atoms with Gasteiger partial charge in [0.25, 0.3) is 0 Å². The maximum absolute atomic E-state index is 12.3. The first-order chi connectivity index (χ1) is 17.0. The number of nitrogen functional groups attached to an aromatic ring is 1. The summed E-state index contributed by atoms with van der Waals surface area (Å²) in [6, 6.07) is 16.7. The molecule has 2 heterocycles. The fourth-order valence-electron chi connectivity index (χ4n) is 3.84. The molecule has 35 heavy (non-hydrogen) atoms. The van der Waals surface area contributed by atoms with Crippen LogP contribution in [0.4, 0.5) is 11.6 Å². The summed E-state index contributed by atoms with van der Waals surface area (Å²) in [6.45, 7) is 1.55. The highest BCUT2D eigenvalue weighted by Crippen LogP contribution is 2.26. The largest absolute Gasteiger partial charge is 0.457 e. The molecular formula is C26H28N6O3. The molecule has 0 aliphatic carbocycles. The van der Waals surface area contributed by atoms with E-state index in [0.29, 0.717) is 42.4 Å². The van der Waals surface area contributed by atoms with Gasteiger partial charge in [-0.05, 0) is 42.8 Å². The number of benzene rings is 2. The van der Waals surface area contributed by atoms with Gasteiger partial charge in [-0.1, -0.05) is 24.3 Å². The molecule has 1 unspecified atom stereocenters. The van der Waals surface area contributed by atoms with Crippen molar-refractivity contribution in [2.24, 2.45) is 0 Å². The molecule has 1 amide bonds. The number of carbonyl (C=O) groups is 1. The molecule has 1 fully saturated rings. The monoisotopic (exact) mass is 472 g/mol. The molecule has 1 saturated heterocycles. The van der Waals surface area contributed by atoms with E-state index in [-0.39, 0.29) is 23.5 Å². The number of nitrogens with zero attached hydrogens (tertiary/aromatic N) is 3. The van der Waals surface area contributed by atoms with Crippen LogP contribution in [0.3, 0.4) is 0 Å². The number of ether oxygens (including phenoxy) is 2. The van der Waals surface area contributed by atoms with Crippen LogP contribution < -0.4 is 15.8 Å². The van der Waals surface area contributed by atoms with Crippen molar-refractivity contribution < 1.29 is 14.3 Å². The number of amides is 1. The van der Waals surface area contributed by atoms with Crippen molar-refractivity contribution in [2.75, 3.05) is 37.9 Å². The van der Waals surface area contributed by atoms with Crippen LogP contribution in [0.5, 0.6) is 11.5 Å². The van der Waals surface area contributed by atoms with Gasteiger partial charge in [0, 0.05) is 37.9 Å². The lowest BCUT2D eigenvalue weighted by molar-refractivity contribution is -0.125. The Kier molecular flexibility index (Phi) is 7.69. The summed E-state index contributed by atoms with van der Waals surface area (Å²) in [4.78, 5) is 22.6. The Morgan fingerprint density at radius 2 is 1.91 bits per heavy atom. The Morgan fingerprint density at radius 3 is 2.66 bits per heavy atom. The minimum absolute atomic E-state index is 0.0164. The van der Waals surface area contributed by atoms with Crippen LogP contribution in [0.2, 0.25) is 0 Å². The van der Waals surface area contributed by atoms with Gasteiger partial charge in [0.15, 0.2) is 0 Å². The molecular weight excluding hydrogens is 444 g/mol. The molecule has 0 saturated carbocycles. The van der Waals surface area contributed by atoms with Crippen molar-refractivity contribution >= 4 is 23.3 Å². The van der Waals surface area contributed by atoms with Gasteiger partial charge in [-0.15, -0.1) is 0 Å². The van der Waals surface area contributed by atoms with Crippen LogP contribution in [0.1, 0.15) is 17.5 Å². The smallest absolute Gasteiger partial charge is 0.246 e. The molecule has 0 bridgehead atoms. The summed E-state index contributed by atoms with van der Waals surface area (Å²) in [5.41, 5.74) is 7.45. The molecule has 0 spiro atoms. The van der Waals surface area contributed by atoms with Crippen molar-refractivity contribution in [3.05, 3.63) is 84.2 Å². The number of carbonyl (C=O) groups excluding carboxylic acids is 1. The summed E-state index contributed by atoms with van der Waals surface area (Å²) < 4.78 is 10.8. The molecule has 3 aromatic rings. The van der Waals surface area contributed by atoms with Crippen molar-refractivity contribution in [1.29, 1.82) is 5.41 Å². The average molecular weight is 473 g/mol. The molecule has 1 aliphatic heterocycles. The second kappa shape index (κ2) is 11.3. The molecule has 4 N–H and O–H groups in total. The zero-order valence-corrected chi connectivity index (χ0v) is 19.5. The van der Waals surface area contributed by atoms with Crippen molar-refractivity contribution in [3.63, 3.8) is 0 Å². The van der Waals surface area contributed by atoms with E-state index in [0.717, 1.165) is 12.2 Å². The number of hydrogen-bond acceptors (Lipinski definition) is 8. The predicted molar refractivity (Wildman–Crippen MR) is 135 cm³/mol. The maximum Gasteiger partial charge on any atom is 0.246 e. The fourth-order valence-corrected chi connectivity index (χ4v) is 3.84. The lowest BCUT2D eigenvalue weighted by Gasteiger charge is -2.18. The van der Waals surface area contributed by atoms with Gasteiger partial charge >= 0.3 is 0 Å². The average Bonchev–Trinajstić information content (AvgIpc) is 3.34. The first-order valence-electron chi connectivity index (χ1n) is 11.3. The highest BCUT2D eigenvalue weighted by Gasteiger charge is 2.27. The van der Waals surface area contributed by atoms with Gasteiger partial charge in [0.05, 0.1) is 17.9 Å². The summed E-state index contributed by atoms with van der Waals surface area (Å²) in [5.74, 6) is 2.03. The van der Waals surface area contributed by atoms with Crippen LogP contribution in [0, 0.1) is 5.41 Å². The number of methoxy groups -OCH3 is 1. The number of aromatic nitrogens is 2. The van der Waals surface area contributed by atoms with E-state index < -0.39 is 0 Å². The highest BCUT2D eigenvalue weighted by atomic mass is 16.5. The SMILES string of the molecule is COCC=CC(=O)N1CCC(Nc2ncnc(N)c2C(=N)c2ccc(Oc3ccccc3)cc2)C1. The number of rotatable bonds is 9. The van der Waals surface area contributed by atoms with Crippen LogP contribution in [0.25, 0.3) is 0 Å². The van der Waals surface area contributed by atoms with Crippen LogP contribution in [0.15, 0.2) is 73.1 Å². The van der Waals surface area contributed by atoms with E-state index in [1.54, 1.807) is 30.2 Å².